The van der Waals surface area contributed by atoms with Crippen molar-refractivity contribution < 1.29 is 4.42 Å². The molecule has 2 aromatic rings. The molecule has 114 valence electrons. The molecule has 1 aromatic heterocycles. The molecule has 1 aromatic carbocycles. The molecule has 21 heavy (non-hydrogen) atoms. The van der Waals surface area contributed by atoms with Crippen molar-refractivity contribution in [3.63, 3.8) is 0 Å². The molecule has 2 rings (SSSR count). The topological polar surface area (TPSA) is 37.2 Å². The van der Waals surface area contributed by atoms with Gasteiger partial charge < -0.3 is 15.1 Å². The van der Waals surface area contributed by atoms with Gasteiger partial charge in [0, 0.05) is 10.6 Å². The Bertz CT molecular complexity index is 569. The predicted molar refractivity (Wildman–Crippen MR) is 89.0 cm³/mol. The van der Waals surface area contributed by atoms with Gasteiger partial charge in [-0.2, -0.15) is 0 Å². The number of rotatable bonds is 8. The standard InChI is InChI=1S/C16H20Cl2N2O/c1-2-19-8-3-9-20-11-13-5-7-16(21-13)14-10-12(17)4-6-15(14)18/h4-7,10,19-20H,2-3,8-9,11H2,1H3. The second-order valence-corrected chi connectivity index (χ2v) is 5.62. The van der Waals surface area contributed by atoms with Crippen LogP contribution in [0.2, 0.25) is 10.0 Å². The Hall–Kier alpha value is -1.00. The van der Waals surface area contributed by atoms with Gasteiger partial charge >= 0.3 is 0 Å². The van der Waals surface area contributed by atoms with Crippen LogP contribution in [0.5, 0.6) is 0 Å². The van der Waals surface area contributed by atoms with E-state index >= 15 is 0 Å². The van der Waals surface area contributed by atoms with E-state index in [0.717, 1.165) is 43.1 Å². The highest BCUT2D eigenvalue weighted by atomic mass is 35.5. The summed E-state index contributed by atoms with van der Waals surface area (Å²) in [6.45, 7) is 5.83. The lowest BCUT2D eigenvalue weighted by atomic mass is 10.2. The van der Waals surface area contributed by atoms with Gasteiger partial charge in [-0.25, -0.2) is 0 Å². The van der Waals surface area contributed by atoms with E-state index < -0.39 is 0 Å². The zero-order chi connectivity index (χ0) is 15.1. The molecule has 5 heteroatoms. The Kier molecular flexibility index (Phi) is 6.58. The molecule has 0 aliphatic heterocycles. The van der Waals surface area contributed by atoms with E-state index in [2.05, 4.69) is 17.6 Å². The first kappa shape index (κ1) is 16.4. The average Bonchev–Trinajstić information content (AvgIpc) is 2.94. The maximum absolute atomic E-state index is 6.17. The van der Waals surface area contributed by atoms with E-state index in [1.807, 2.05) is 18.2 Å². The summed E-state index contributed by atoms with van der Waals surface area (Å²) in [5.74, 6) is 1.64. The Morgan fingerprint density at radius 1 is 1.05 bits per heavy atom. The van der Waals surface area contributed by atoms with Gasteiger partial charge in [0.05, 0.1) is 11.6 Å². The second kappa shape index (κ2) is 8.44. The summed E-state index contributed by atoms with van der Waals surface area (Å²) >= 11 is 12.2. The summed E-state index contributed by atoms with van der Waals surface area (Å²) < 4.78 is 5.81. The SMILES string of the molecule is CCNCCCNCc1ccc(-c2cc(Cl)ccc2Cl)o1. The Labute approximate surface area is 135 Å². The van der Waals surface area contributed by atoms with Gasteiger partial charge in [-0.1, -0.05) is 30.1 Å². The zero-order valence-corrected chi connectivity index (χ0v) is 13.6. The lowest BCUT2D eigenvalue weighted by Gasteiger charge is -2.04. The summed E-state index contributed by atoms with van der Waals surface area (Å²) in [6, 6.07) is 9.25. The van der Waals surface area contributed by atoms with Crippen molar-refractivity contribution in [3.8, 4) is 11.3 Å². The van der Waals surface area contributed by atoms with E-state index in [1.165, 1.54) is 0 Å². The fourth-order valence-electron chi connectivity index (χ4n) is 2.03. The predicted octanol–water partition coefficient (Wildman–Crippen LogP) is 4.34. The van der Waals surface area contributed by atoms with Gasteiger partial charge in [0.2, 0.25) is 0 Å². The third kappa shape index (κ3) is 5.04. The van der Waals surface area contributed by atoms with Gasteiger partial charge in [0.25, 0.3) is 0 Å². The number of hydrogen-bond donors (Lipinski definition) is 2. The Balaban J connectivity index is 1.88. The molecule has 2 N–H and O–H groups in total. The fraction of sp³-hybridized carbons (Fsp3) is 0.375. The van der Waals surface area contributed by atoms with Gasteiger partial charge in [-0.05, 0) is 56.4 Å². The highest BCUT2D eigenvalue weighted by Gasteiger charge is 2.09. The van der Waals surface area contributed by atoms with E-state index in [0.29, 0.717) is 16.6 Å². The summed E-state index contributed by atoms with van der Waals surface area (Å²) in [7, 11) is 0. The van der Waals surface area contributed by atoms with Crippen LogP contribution < -0.4 is 10.6 Å². The van der Waals surface area contributed by atoms with Gasteiger partial charge in [0.15, 0.2) is 0 Å². The third-order valence-corrected chi connectivity index (χ3v) is 3.68. The van der Waals surface area contributed by atoms with Crippen LogP contribution in [0.1, 0.15) is 19.1 Å². The quantitative estimate of drug-likeness (QED) is 0.708. The smallest absolute Gasteiger partial charge is 0.135 e. The first-order valence-electron chi connectivity index (χ1n) is 7.16. The van der Waals surface area contributed by atoms with Crippen LogP contribution in [-0.4, -0.2) is 19.6 Å². The first-order chi connectivity index (χ1) is 10.2. The van der Waals surface area contributed by atoms with E-state index in [-0.39, 0.29) is 0 Å². The number of nitrogens with one attached hydrogen (secondary N) is 2. The lowest BCUT2D eigenvalue weighted by Crippen LogP contribution is -2.21. The molecule has 0 spiro atoms. The fourth-order valence-corrected chi connectivity index (χ4v) is 2.41. The second-order valence-electron chi connectivity index (χ2n) is 4.77. The number of halogens is 2. The van der Waals surface area contributed by atoms with Gasteiger partial charge in [0.1, 0.15) is 11.5 Å². The Morgan fingerprint density at radius 3 is 2.67 bits per heavy atom. The molecule has 0 amide bonds. The summed E-state index contributed by atoms with van der Waals surface area (Å²) in [5.41, 5.74) is 0.822. The summed E-state index contributed by atoms with van der Waals surface area (Å²) in [5, 5.41) is 7.94. The molecule has 0 saturated heterocycles. The minimum absolute atomic E-state index is 0.638. The van der Waals surface area contributed by atoms with Gasteiger partial charge in [-0.3, -0.25) is 0 Å². The molecule has 3 nitrogen and oxygen atoms in total. The molecule has 0 bridgehead atoms. The van der Waals surface area contributed by atoms with Crippen molar-refractivity contribution in [2.75, 3.05) is 19.6 Å². The van der Waals surface area contributed by atoms with Crippen LogP contribution in [0.4, 0.5) is 0 Å². The molecule has 0 fully saturated rings. The van der Waals surface area contributed by atoms with E-state index in [4.69, 9.17) is 27.6 Å². The highest BCUT2D eigenvalue weighted by molar-refractivity contribution is 6.35. The molecule has 0 aliphatic carbocycles. The van der Waals surface area contributed by atoms with E-state index in [9.17, 15) is 0 Å². The number of hydrogen-bond acceptors (Lipinski definition) is 3. The molecule has 0 unspecified atom stereocenters. The molecule has 0 aliphatic rings. The van der Waals surface area contributed by atoms with Crippen LogP contribution in [0.25, 0.3) is 11.3 Å². The van der Waals surface area contributed by atoms with Crippen molar-refractivity contribution in [2.24, 2.45) is 0 Å². The summed E-state index contributed by atoms with van der Waals surface area (Å²) in [4.78, 5) is 0. The largest absolute Gasteiger partial charge is 0.460 e. The molecular weight excluding hydrogens is 307 g/mol. The van der Waals surface area contributed by atoms with Crippen LogP contribution in [-0.2, 0) is 6.54 Å². The van der Waals surface area contributed by atoms with Crippen molar-refractivity contribution in [3.05, 3.63) is 46.1 Å². The van der Waals surface area contributed by atoms with Crippen molar-refractivity contribution in [1.29, 1.82) is 0 Å². The minimum Gasteiger partial charge on any atom is -0.460 e. The lowest BCUT2D eigenvalue weighted by molar-refractivity contribution is 0.488. The van der Waals surface area contributed by atoms with Crippen molar-refractivity contribution >= 4 is 23.2 Å². The zero-order valence-electron chi connectivity index (χ0n) is 12.1. The maximum Gasteiger partial charge on any atom is 0.135 e. The van der Waals surface area contributed by atoms with Crippen LogP contribution in [0.3, 0.4) is 0 Å². The molecule has 0 radical (unpaired) electrons. The minimum atomic E-state index is 0.638. The first-order valence-corrected chi connectivity index (χ1v) is 7.92. The van der Waals surface area contributed by atoms with Gasteiger partial charge in [-0.15, -0.1) is 0 Å². The molecule has 0 saturated carbocycles. The molecular formula is C16H20Cl2N2O. The maximum atomic E-state index is 6.17. The third-order valence-electron chi connectivity index (χ3n) is 3.11. The Morgan fingerprint density at radius 2 is 1.86 bits per heavy atom. The van der Waals surface area contributed by atoms with Crippen molar-refractivity contribution in [1.82, 2.24) is 10.6 Å². The average molecular weight is 327 g/mol. The molecule has 1 heterocycles. The van der Waals surface area contributed by atoms with E-state index in [1.54, 1.807) is 12.1 Å². The van der Waals surface area contributed by atoms with Crippen molar-refractivity contribution in [2.45, 2.75) is 19.9 Å². The number of benzene rings is 1. The number of furan rings is 1. The van der Waals surface area contributed by atoms with Crippen LogP contribution in [0.15, 0.2) is 34.7 Å². The highest BCUT2D eigenvalue weighted by Crippen LogP contribution is 2.31. The normalized spacial score (nSPS) is 11.0. The monoisotopic (exact) mass is 326 g/mol. The molecule has 0 atom stereocenters. The van der Waals surface area contributed by atoms with Crippen LogP contribution >= 0.6 is 23.2 Å². The summed E-state index contributed by atoms with van der Waals surface area (Å²) in [6.07, 6.45) is 1.10. The van der Waals surface area contributed by atoms with Crippen LogP contribution in [0, 0.1) is 0 Å².